The Labute approximate surface area is 212 Å². The van der Waals surface area contributed by atoms with Gasteiger partial charge in [0.05, 0.1) is 24.9 Å². The van der Waals surface area contributed by atoms with Crippen LogP contribution >= 0.6 is 0 Å². The van der Waals surface area contributed by atoms with E-state index in [0.29, 0.717) is 44.6 Å². The Morgan fingerprint density at radius 2 is 1.83 bits per heavy atom. The zero-order valence-electron chi connectivity index (χ0n) is 20.9. The molecule has 1 aromatic heterocycles. The molecule has 1 N–H and O–H groups in total. The molecule has 1 saturated carbocycles. The number of hydrogen-bond acceptors (Lipinski definition) is 6. The number of nitrogens with zero attached hydrogens (tertiary/aromatic N) is 4. The van der Waals surface area contributed by atoms with E-state index in [1.165, 1.54) is 18.9 Å². The molecule has 1 atom stereocenters. The van der Waals surface area contributed by atoms with Crippen LogP contribution in [0.15, 0.2) is 54.6 Å². The summed E-state index contributed by atoms with van der Waals surface area (Å²) in [6.07, 6.45) is 1.95. The zero-order valence-corrected chi connectivity index (χ0v) is 20.9. The van der Waals surface area contributed by atoms with Crippen molar-refractivity contribution in [2.24, 2.45) is 13.0 Å². The fourth-order valence-electron chi connectivity index (χ4n) is 4.81. The molecule has 0 unspecified atom stereocenters. The molecule has 0 amide bonds. The average Bonchev–Trinajstić information content (AvgIpc) is 3.65. The standard InChI is InChI=1S/C28H35FN4O3/c1-31-28(36-26-10-6-5-9-25(26)29)24(27(30-31)22-7-3-2-4-8-22)20-33(17-21-11-12-21)19-23(34)18-32-13-15-35-16-14-32/h2-10,21,23,34H,11-20H2,1H3/t23-/m0/s1. The first-order chi connectivity index (χ1) is 17.6. The number of aliphatic hydroxyl groups is 1. The van der Waals surface area contributed by atoms with Crippen molar-refractivity contribution in [3.63, 3.8) is 0 Å². The molecule has 2 aliphatic rings. The van der Waals surface area contributed by atoms with Crippen LogP contribution in [0.3, 0.4) is 0 Å². The maximum absolute atomic E-state index is 14.5. The first-order valence-corrected chi connectivity index (χ1v) is 12.8. The second kappa shape index (κ2) is 11.5. The van der Waals surface area contributed by atoms with Crippen molar-refractivity contribution < 1.29 is 19.0 Å². The predicted molar refractivity (Wildman–Crippen MR) is 136 cm³/mol. The van der Waals surface area contributed by atoms with Crippen LogP contribution < -0.4 is 4.74 Å². The minimum Gasteiger partial charge on any atom is -0.436 e. The normalized spacial score (nSPS) is 17.4. The lowest BCUT2D eigenvalue weighted by Gasteiger charge is -2.31. The lowest BCUT2D eigenvalue weighted by Crippen LogP contribution is -2.44. The molecule has 0 radical (unpaired) electrons. The van der Waals surface area contributed by atoms with Crippen molar-refractivity contribution >= 4 is 0 Å². The number of aryl methyl sites for hydroxylation is 1. The number of halogens is 1. The third-order valence-electron chi connectivity index (χ3n) is 6.82. The molecule has 0 bridgehead atoms. The number of morpholine rings is 1. The summed E-state index contributed by atoms with van der Waals surface area (Å²) in [6, 6.07) is 16.4. The summed E-state index contributed by atoms with van der Waals surface area (Å²) in [4.78, 5) is 4.57. The number of ether oxygens (including phenoxy) is 2. The summed E-state index contributed by atoms with van der Waals surface area (Å²) in [6.45, 7) is 5.76. The van der Waals surface area contributed by atoms with E-state index in [1.54, 1.807) is 22.9 Å². The van der Waals surface area contributed by atoms with Crippen LogP contribution in [0.4, 0.5) is 4.39 Å². The summed E-state index contributed by atoms with van der Waals surface area (Å²) in [5.74, 6) is 0.917. The van der Waals surface area contributed by atoms with E-state index < -0.39 is 11.9 Å². The molecule has 192 valence electrons. The molecule has 8 heteroatoms. The zero-order chi connectivity index (χ0) is 24.9. The third kappa shape index (κ3) is 6.31. The van der Waals surface area contributed by atoms with Crippen molar-refractivity contribution in [1.82, 2.24) is 19.6 Å². The maximum Gasteiger partial charge on any atom is 0.222 e. The van der Waals surface area contributed by atoms with Crippen molar-refractivity contribution in [3.8, 4) is 22.9 Å². The summed E-state index contributed by atoms with van der Waals surface area (Å²) >= 11 is 0. The van der Waals surface area contributed by atoms with E-state index >= 15 is 0 Å². The van der Waals surface area contributed by atoms with Crippen LogP contribution in [0, 0.1) is 11.7 Å². The SMILES string of the molecule is Cn1nc(-c2ccccc2)c(CN(CC2CC2)C[C@@H](O)CN2CCOCC2)c1Oc1ccccc1F. The van der Waals surface area contributed by atoms with Gasteiger partial charge in [0.1, 0.15) is 5.69 Å². The van der Waals surface area contributed by atoms with Crippen molar-refractivity contribution in [2.75, 3.05) is 45.9 Å². The van der Waals surface area contributed by atoms with Gasteiger partial charge in [0.15, 0.2) is 11.6 Å². The van der Waals surface area contributed by atoms with Crippen LogP contribution in [0.1, 0.15) is 18.4 Å². The van der Waals surface area contributed by atoms with Gasteiger partial charge < -0.3 is 14.6 Å². The Balaban J connectivity index is 1.42. The van der Waals surface area contributed by atoms with Gasteiger partial charge in [0, 0.05) is 51.9 Å². The highest BCUT2D eigenvalue weighted by Gasteiger charge is 2.29. The number of hydrogen-bond donors (Lipinski definition) is 1. The van der Waals surface area contributed by atoms with Crippen molar-refractivity contribution in [1.29, 1.82) is 0 Å². The van der Waals surface area contributed by atoms with E-state index in [1.807, 2.05) is 37.4 Å². The maximum atomic E-state index is 14.5. The number of β-amino-alcohol motifs (C(OH)–C–C–N with tert-alkyl or cyclic N) is 1. The molecule has 5 rings (SSSR count). The predicted octanol–water partition coefficient (Wildman–Crippen LogP) is 3.92. The number of aliphatic hydroxyl groups excluding tert-OH is 1. The van der Waals surface area contributed by atoms with Crippen LogP contribution in [0.2, 0.25) is 0 Å². The Morgan fingerprint density at radius 3 is 2.56 bits per heavy atom. The minimum absolute atomic E-state index is 0.169. The Hall–Kier alpha value is -2.78. The Bertz CT molecular complexity index is 1130. The minimum atomic E-state index is -0.477. The van der Waals surface area contributed by atoms with Crippen LogP contribution in [0.5, 0.6) is 11.6 Å². The summed E-state index contributed by atoms with van der Waals surface area (Å²) in [7, 11) is 1.82. The highest BCUT2D eigenvalue weighted by Crippen LogP contribution is 2.36. The molecule has 2 fully saturated rings. The molecule has 2 heterocycles. The Kier molecular flexibility index (Phi) is 7.96. The van der Waals surface area contributed by atoms with Gasteiger partial charge in [-0.15, -0.1) is 0 Å². The molecule has 1 aliphatic carbocycles. The van der Waals surface area contributed by atoms with Gasteiger partial charge in [-0.3, -0.25) is 9.80 Å². The van der Waals surface area contributed by atoms with Crippen LogP contribution in [0.25, 0.3) is 11.3 Å². The van der Waals surface area contributed by atoms with Gasteiger partial charge in [-0.1, -0.05) is 42.5 Å². The lowest BCUT2D eigenvalue weighted by molar-refractivity contribution is 0.00587. The van der Waals surface area contributed by atoms with Gasteiger partial charge in [0.25, 0.3) is 0 Å². The number of aromatic nitrogens is 2. The molecular weight excluding hydrogens is 459 g/mol. The van der Waals surface area contributed by atoms with Gasteiger partial charge in [-0.2, -0.15) is 5.10 Å². The van der Waals surface area contributed by atoms with E-state index in [0.717, 1.165) is 36.5 Å². The fourth-order valence-corrected chi connectivity index (χ4v) is 4.81. The molecule has 1 aliphatic heterocycles. The number of rotatable bonds is 11. The van der Waals surface area contributed by atoms with E-state index in [9.17, 15) is 9.50 Å². The second-order valence-electron chi connectivity index (χ2n) is 9.86. The molecule has 7 nitrogen and oxygen atoms in total. The molecule has 1 saturated heterocycles. The third-order valence-corrected chi connectivity index (χ3v) is 6.82. The average molecular weight is 495 g/mol. The van der Waals surface area contributed by atoms with E-state index in [2.05, 4.69) is 9.80 Å². The van der Waals surface area contributed by atoms with Gasteiger partial charge in [-0.05, 0) is 30.9 Å². The van der Waals surface area contributed by atoms with Crippen molar-refractivity contribution in [2.45, 2.75) is 25.5 Å². The number of para-hydroxylation sites is 1. The van der Waals surface area contributed by atoms with Crippen molar-refractivity contribution in [3.05, 3.63) is 66.0 Å². The first kappa shape index (κ1) is 24.9. The summed E-state index contributed by atoms with van der Waals surface area (Å²) in [5.41, 5.74) is 2.69. The monoisotopic (exact) mass is 494 g/mol. The number of benzene rings is 2. The van der Waals surface area contributed by atoms with E-state index in [-0.39, 0.29) is 5.75 Å². The first-order valence-electron chi connectivity index (χ1n) is 12.8. The summed E-state index contributed by atoms with van der Waals surface area (Å²) in [5, 5.41) is 15.8. The summed E-state index contributed by atoms with van der Waals surface area (Å²) < 4.78 is 27.8. The van der Waals surface area contributed by atoms with Gasteiger partial charge in [-0.25, -0.2) is 9.07 Å². The molecule has 3 aromatic rings. The lowest BCUT2D eigenvalue weighted by atomic mass is 10.1. The fraction of sp³-hybridized carbons (Fsp3) is 0.464. The molecule has 36 heavy (non-hydrogen) atoms. The highest BCUT2D eigenvalue weighted by molar-refractivity contribution is 5.65. The van der Waals surface area contributed by atoms with Crippen LogP contribution in [-0.2, 0) is 18.3 Å². The van der Waals surface area contributed by atoms with Crippen LogP contribution in [-0.4, -0.2) is 76.7 Å². The topological polar surface area (TPSA) is 63.0 Å². The Morgan fingerprint density at radius 1 is 1.11 bits per heavy atom. The highest BCUT2D eigenvalue weighted by atomic mass is 19.1. The smallest absolute Gasteiger partial charge is 0.222 e. The van der Waals surface area contributed by atoms with Gasteiger partial charge >= 0.3 is 0 Å². The quantitative estimate of drug-likeness (QED) is 0.436. The second-order valence-corrected chi connectivity index (χ2v) is 9.86. The van der Waals surface area contributed by atoms with E-state index in [4.69, 9.17) is 14.6 Å². The largest absolute Gasteiger partial charge is 0.436 e. The van der Waals surface area contributed by atoms with Gasteiger partial charge in [0.2, 0.25) is 5.88 Å². The molecule has 2 aromatic carbocycles. The molecular formula is C28H35FN4O3. The molecule has 0 spiro atoms.